The van der Waals surface area contributed by atoms with Gasteiger partial charge in [0.2, 0.25) is 0 Å². The van der Waals surface area contributed by atoms with E-state index < -0.39 is 0 Å². The third kappa shape index (κ3) is 5.35. The maximum Gasteiger partial charge on any atom is 0.0540 e. The number of hydrazone groups is 1. The zero-order valence-electron chi connectivity index (χ0n) is 10.3. The van der Waals surface area contributed by atoms with Crippen molar-refractivity contribution in [3.8, 4) is 0 Å². The monoisotopic (exact) mass is 216 g/mol. The fourth-order valence-electron chi connectivity index (χ4n) is 1.26. The molecule has 0 saturated heterocycles. The van der Waals surface area contributed by atoms with Crippen LogP contribution in [0.25, 0.3) is 6.08 Å². The van der Waals surface area contributed by atoms with Gasteiger partial charge in [-0.15, -0.1) is 0 Å². The summed E-state index contributed by atoms with van der Waals surface area (Å²) in [5.74, 6) is 0.492. The number of nitrogens with zero attached hydrogens (tertiary/aromatic N) is 1. The summed E-state index contributed by atoms with van der Waals surface area (Å²) in [5, 5.41) is 4.14. The van der Waals surface area contributed by atoms with Crippen molar-refractivity contribution in [2.24, 2.45) is 11.0 Å². The van der Waals surface area contributed by atoms with Gasteiger partial charge in [0, 0.05) is 6.21 Å². The van der Waals surface area contributed by atoms with Crippen LogP contribution in [0.3, 0.4) is 0 Å². The highest BCUT2D eigenvalue weighted by Gasteiger charge is 1.90. The van der Waals surface area contributed by atoms with Gasteiger partial charge in [0.15, 0.2) is 0 Å². The Labute approximate surface area is 98.1 Å². The van der Waals surface area contributed by atoms with Gasteiger partial charge in [-0.3, -0.25) is 0 Å². The van der Waals surface area contributed by atoms with Gasteiger partial charge in [0.1, 0.15) is 0 Å². The molecule has 0 radical (unpaired) electrons. The number of nitrogens with one attached hydrogen (secondary N) is 1. The molecule has 1 aromatic carbocycles. The van der Waals surface area contributed by atoms with E-state index in [2.05, 4.69) is 49.5 Å². The van der Waals surface area contributed by atoms with Crippen LogP contribution >= 0.6 is 0 Å². The summed E-state index contributed by atoms with van der Waals surface area (Å²) >= 11 is 0. The minimum atomic E-state index is 0.492. The zero-order chi connectivity index (χ0) is 11.8. The van der Waals surface area contributed by atoms with E-state index in [-0.39, 0.29) is 0 Å². The Hall–Kier alpha value is -1.57. The number of benzene rings is 1. The Morgan fingerprint density at radius 3 is 2.62 bits per heavy atom. The summed E-state index contributed by atoms with van der Waals surface area (Å²) < 4.78 is 0. The lowest BCUT2D eigenvalue weighted by molar-refractivity contribution is 0.784. The molecule has 0 aliphatic carbocycles. The summed E-state index contributed by atoms with van der Waals surface area (Å²) in [6.45, 7) is 7.11. The molecule has 2 heteroatoms. The van der Waals surface area contributed by atoms with Crippen molar-refractivity contribution in [3.63, 3.8) is 0 Å². The van der Waals surface area contributed by atoms with Gasteiger partial charge in [0.05, 0.1) is 6.54 Å². The number of hydrogen-bond donors (Lipinski definition) is 1. The molecule has 1 aromatic rings. The van der Waals surface area contributed by atoms with Crippen molar-refractivity contribution in [2.45, 2.75) is 20.8 Å². The molecule has 16 heavy (non-hydrogen) atoms. The first-order valence-electron chi connectivity index (χ1n) is 5.66. The predicted octanol–water partition coefficient (Wildman–Crippen LogP) is 3.32. The highest BCUT2D eigenvalue weighted by Crippen LogP contribution is 2.04. The molecular formula is C14H20N2. The van der Waals surface area contributed by atoms with E-state index in [1.54, 1.807) is 0 Å². The van der Waals surface area contributed by atoms with Gasteiger partial charge < -0.3 is 5.43 Å². The quantitative estimate of drug-likeness (QED) is 0.592. The zero-order valence-corrected chi connectivity index (χ0v) is 10.3. The van der Waals surface area contributed by atoms with Crippen molar-refractivity contribution in [2.75, 3.05) is 6.54 Å². The van der Waals surface area contributed by atoms with E-state index in [4.69, 9.17) is 0 Å². The van der Waals surface area contributed by atoms with Crippen molar-refractivity contribution in [1.29, 1.82) is 0 Å². The minimum Gasteiger partial charge on any atom is -0.306 e. The van der Waals surface area contributed by atoms with Gasteiger partial charge in [-0.2, -0.15) is 5.10 Å². The Balaban J connectivity index is 2.41. The highest BCUT2D eigenvalue weighted by atomic mass is 15.3. The second-order valence-electron chi connectivity index (χ2n) is 4.26. The second kappa shape index (κ2) is 6.83. The summed E-state index contributed by atoms with van der Waals surface area (Å²) in [5.41, 5.74) is 5.54. The van der Waals surface area contributed by atoms with E-state index in [9.17, 15) is 0 Å². The average Bonchev–Trinajstić information content (AvgIpc) is 2.25. The van der Waals surface area contributed by atoms with E-state index in [0.717, 1.165) is 6.54 Å². The molecule has 1 rings (SSSR count). The van der Waals surface area contributed by atoms with E-state index in [1.165, 1.54) is 11.1 Å². The van der Waals surface area contributed by atoms with E-state index in [1.807, 2.05) is 24.4 Å². The smallest absolute Gasteiger partial charge is 0.0540 e. The molecule has 0 unspecified atom stereocenters. The summed E-state index contributed by atoms with van der Waals surface area (Å²) in [6.07, 6.45) is 4.08. The van der Waals surface area contributed by atoms with Crippen molar-refractivity contribution < 1.29 is 0 Å². The fourth-order valence-corrected chi connectivity index (χ4v) is 1.26. The third-order valence-corrected chi connectivity index (χ3v) is 2.03. The molecule has 0 aliphatic rings. The Bertz CT molecular complexity index is 350. The maximum atomic E-state index is 4.14. The van der Waals surface area contributed by atoms with Gasteiger partial charge in [-0.1, -0.05) is 55.8 Å². The molecule has 0 spiro atoms. The Morgan fingerprint density at radius 2 is 2.00 bits per heavy atom. The molecule has 0 heterocycles. The maximum absolute atomic E-state index is 4.14. The van der Waals surface area contributed by atoms with Crippen LogP contribution in [-0.2, 0) is 0 Å². The molecule has 0 bridgehead atoms. The van der Waals surface area contributed by atoms with Gasteiger partial charge in [-0.25, -0.2) is 0 Å². The lowest BCUT2D eigenvalue weighted by atomic mass is 10.1. The topological polar surface area (TPSA) is 24.4 Å². The largest absolute Gasteiger partial charge is 0.306 e. The van der Waals surface area contributed by atoms with E-state index >= 15 is 0 Å². The van der Waals surface area contributed by atoms with Crippen LogP contribution < -0.4 is 5.43 Å². The Kier molecular flexibility index (Phi) is 5.34. The first kappa shape index (κ1) is 12.5. The second-order valence-corrected chi connectivity index (χ2v) is 4.26. The van der Waals surface area contributed by atoms with E-state index in [0.29, 0.717) is 5.92 Å². The first-order chi connectivity index (χ1) is 7.68. The first-order valence-corrected chi connectivity index (χ1v) is 5.66. The van der Waals surface area contributed by atoms with Crippen LogP contribution in [0.2, 0.25) is 0 Å². The standard InChI is InChI=1S/C14H20N2/c1-12(2)10-15-16-11-13(3)9-14-7-5-4-6-8-14/h4-10,12,16H,11H2,1-3H3/b13-9-,15-10-. The number of rotatable bonds is 5. The molecule has 0 atom stereocenters. The van der Waals surface area contributed by atoms with Gasteiger partial charge in [0.25, 0.3) is 0 Å². The molecule has 1 N–H and O–H groups in total. The van der Waals surface area contributed by atoms with Crippen LogP contribution in [0.1, 0.15) is 26.3 Å². The molecule has 0 aliphatic heterocycles. The number of hydrogen-bond acceptors (Lipinski definition) is 2. The van der Waals surface area contributed by atoms with Crippen LogP contribution in [0.5, 0.6) is 0 Å². The van der Waals surface area contributed by atoms with Crippen molar-refractivity contribution >= 4 is 12.3 Å². The SMILES string of the molecule is C/C(=C/c1ccccc1)CN/N=C\C(C)C. The van der Waals surface area contributed by atoms with Crippen LogP contribution in [0, 0.1) is 5.92 Å². The third-order valence-electron chi connectivity index (χ3n) is 2.03. The summed E-state index contributed by atoms with van der Waals surface area (Å²) in [7, 11) is 0. The predicted molar refractivity (Wildman–Crippen MR) is 71.4 cm³/mol. The summed E-state index contributed by atoms with van der Waals surface area (Å²) in [4.78, 5) is 0. The average molecular weight is 216 g/mol. The van der Waals surface area contributed by atoms with Crippen molar-refractivity contribution in [1.82, 2.24) is 5.43 Å². The lowest BCUT2D eigenvalue weighted by Gasteiger charge is -2.02. The molecule has 0 fully saturated rings. The molecular weight excluding hydrogens is 196 g/mol. The minimum absolute atomic E-state index is 0.492. The molecule has 0 aromatic heterocycles. The highest BCUT2D eigenvalue weighted by molar-refractivity contribution is 5.59. The molecule has 2 nitrogen and oxygen atoms in total. The lowest BCUT2D eigenvalue weighted by Crippen LogP contribution is -2.09. The van der Waals surface area contributed by atoms with Crippen LogP contribution in [0.4, 0.5) is 0 Å². The van der Waals surface area contributed by atoms with Crippen LogP contribution in [-0.4, -0.2) is 12.8 Å². The van der Waals surface area contributed by atoms with Gasteiger partial charge >= 0.3 is 0 Å². The fraction of sp³-hybridized carbons (Fsp3) is 0.357. The molecule has 0 saturated carbocycles. The molecule has 86 valence electrons. The Morgan fingerprint density at radius 1 is 1.31 bits per heavy atom. The van der Waals surface area contributed by atoms with Gasteiger partial charge in [-0.05, 0) is 18.4 Å². The normalized spacial score (nSPS) is 12.4. The summed E-state index contributed by atoms with van der Waals surface area (Å²) in [6, 6.07) is 10.3. The van der Waals surface area contributed by atoms with Crippen LogP contribution in [0.15, 0.2) is 41.0 Å². The van der Waals surface area contributed by atoms with Crippen molar-refractivity contribution in [3.05, 3.63) is 41.5 Å². The molecule has 0 amide bonds.